The Morgan fingerprint density at radius 3 is 1.96 bits per heavy atom. The number of carbonyl (C=O) groups is 2. The second-order valence-corrected chi connectivity index (χ2v) is 13.4. The molecule has 6 heteroatoms. The molecular formula is C19H36O5Si. The molecule has 0 aliphatic heterocycles. The van der Waals surface area contributed by atoms with Crippen molar-refractivity contribution in [3.63, 3.8) is 0 Å². The Balaban J connectivity index is 3.07. The third kappa shape index (κ3) is 6.10. The summed E-state index contributed by atoms with van der Waals surface area (Å²) in [6.07, 6.45) is 5.56. The van der Waals surface area contributed by atoms with Gasteiger partial charge >= 0.3 is 11.9 Å². The minimum absolute atomic E-state index is 0.0647. The summed E-state index contributed by atoms with van der Waals surface area (Å²) in [7, 11) is 0.476. The first kappa shape index (κ1) is 22.2. The summed E-state index contributed by atoms with van der Waals surface area (Å²) >= 11 is 0. The average molecular weight is 373 g/mol. The highest BCUT2D eigenvalue weighted by Crippen LogP contribution is 2.39. The third-order valence-corrected chi connectivity index (χ3v) is 10.3. The van der Waals surface area contributed by atoms with Crippen molar-refractivity contribution >= 4 is 20.3 Å². The summed E-state index contributed by atoms with van der Waals surface area (Å²) < 4.78 is 16.3. The highest BCUT2D eigenvalue weighted by atomic mass is 28.4. The lowest BCUT2D eigenvalue weighted by Gasteiger charge is -2.40. The van der Waals surface area contributed by atoms with Crippen LogP contribution in [-0.4, -0.2) is 40.6 Å². The van der Waals surface area contributed by atoms with Crippen molar-refractivity contribution in [2.24, 2.45) is 11.8 Å². The van der Waals surface area contributed by atoms with Crippen LogP contribution in [0.2, 0.25) is 18.1 Å². The fourth-order valence-corrected chi connectivity index (χ4v) is 4.43. The molecule has 0 spiro atoms. The number of ether oxygens (including phenoxy) is 2. The molecule has 0 heterocycles. The first-order valence-electron chi connectivity index (χ1n) is 9.37. The van der Waals surface area contributed by atoms with Crippen molar-refractivity contribution < 1.29 is 23.5 Å². The molecule has 0 saturated heterocycles. The van der Waals surface area contributed by atoms with Crippen LogP contribution in [0.25, 0.3) is 0 Å². The molecule has 2 atom stereocenters. The topological polar surface area (TPSA) is 61.8 Å². The second kappa shape index (κ2) is 9.17. The van der Waals surface area contributed by atoms with Crippen molar-refractivity contribution in [3.8, 4) is 0 Å². The molecule has 25 heavy (non-hydrogen) atoms. The molecule has 146 valence electrons. The van der Waals surface area contributed by atoms with Crippen LogP contribution in [-0.2, 0) is 23.5 Å². The van der Waals surface area contributed by atoms with E-state index >= 15 is 0 Å². The predicted octanol–water partition coefficient (Wildman–Crippen LogP) is 4.31. The summed E-state index contributed by atoms with van der Waals surface area (Å²) in [6.45, 7) is 10.5. The van der Waals surface area contributed by atoms with Crippen LogP contribution >= 0.6 is 0 Å². The molecule has 1 aliphatic rings. The van der Waals surface area contributed by atoms with Gasteiger partial charge in [-0.2, -0.15) is 0 Å². The van der Waals surface area contributed by atoms with Crippen molar-refractivity contribution in [1.29, 1.82) is 0 Å². The van der Waals surface area contributed by atoms with Gasteiger partial charge in [0.1, 0.15) is 0 Å². The van der Waals surface area contributed by atoms with Crippen LogP contribution in [0.15, 0.2) is 0 Å². The van der Waals surface area contributed by atoms with Gasteiger partial charge in [0.15, 0.2) is 14.4 Å². The molecular weight excluding hydrogens is 336 g/mol. The van der Waals surface area contributed by atoms with E-state index in [0.29, 0.717) is 12.3 Å². The van der Waals surface area contributed by atoms with Gasteiger partial charge in [-0.1, -0.05) is 52.9 Å². The minimum Gasteiger partial charge on any atom is -0.469 e. The van der Waals surface area contributed by atoms with Gasteiger partial charge in [0.25, 0.3) is 0 Å². The smallest absolute Gasteiger partial charge is 0.334 e. The molecule has 0 bridgehead atoms. The van der Waals surface area contributed by atoms with Gasteiger partial charge in [0, 0.05) is 0 Å². The number of hydrogen-bond acceptors (Lipinski definition) is 5. The average Bonchev–Trinajstić information content (AvgIpc) is 2.56. The Kier molecular flexibility index (Phi) is 8.13. The first-order valence-corrected chi connectivity index (χ1v) is 12.3. The van der Waals surface area contributed by atoms with Crippen molar-refractivity contribution in [1.82, 2.24) is 0 Å². The lowest BCUT2D eigenvalue weighted by molar-refractivity contribution is -0.163. The summed E-state index contributed by atoms with van der Waals surface area (Å²) in [5, 5.41) is -0.0647. The predicted molar refractivity (Wildman–Crippen MR) is 101 cm³/mol. The monoisotopic (exact) mass is 372 g/mol. The van der Waals surface area contributed by atoms with Crippen molar-refractivity contribution in [3.05, 3.63) is 0 Å². The number of hydrogen-bond donors (Lipinski definition) is 0. The molecule has 1 saturated carbocycles. The van der Waals surface area contributed by atoms with Crippen LogP contribution in [0.3, 0.4) is 0 Å². The van der Waals surface area contributed by atoms with Gasteiger partial charge in [-0.25, -0.2) is 4.79 Å². The summed E-state index contributed by atoms with van der Waals surface area (Å²) in [5.74, 6) is -1.02. The molecule has 0 aromatic rings. The van der Waals surface area contributed by atoms with Crippen LogP contribution < -0.4 is 0 Å². The zero-order chi connectivity index (χ0) is 19.3. The first-order chi connectivity index (χ1) is 11.5. The molecule has 0 aromatic carbocycles. The van der Waals surface area contributed by atoms with Gasteiger partial charge in [0.05, 0.1) is 20.1 Å². The number of esters is 2. The third-order valence-electron chi connectivity index (χ3n) is 5.84. The zero-order valence-corrected chi connectivity index (χ0v) is 18.0. The maximum atomic E-state index is 12.5. The van der Waals surface area contributed by atoms with Crippen molar-refractivity contribution in [2.75, 3.05) is 14.2 Å². The Morgan fingerprint density at radius 1 is 1.00 bits per heavy atom. The molecule has 5 nitrogen and oxygen atoms in total. The van der Waals surface area contributed by atoms with E-state index in [2.05, 4.69) is 33.9 Å². The Morgan fingerprint density at radius 2 is 1.52 bits per heavy atom. The van der Waals surface area contributed by atoms with E-state index in [0.717, 1.165) is 12.8 Å². The number of carbonyl (C=O) groups excluding carboxylic acids is 2. The van der Waals surface area contributed by atoms with Gasteiger partial charge < -0.3 is 13.9 Å². The molecule has 0 unspecified atom stereocenters. The highest BCUT2D eigenvalue weighted by molar-refractivity contribution is 6.74. The molecule has 1 rings (SSSR count). The summed E-state index contributed by atoms with van der Waals surface area (Å²) in [4.78, 5) is 25.0. The minimum atomic E-state index is -2.24. The number of rotatable bonds is 7. The Bertz CT molecular complexity index is 449. The number of methoxy groups -OCH3 is 2. The van der Waals surface area contributed by atoms with Gasteiger partial charge in [-0.15, -0.1) is 0 Å². The fourth-order valence-electron chi connectivity index (χ4n) is 3.18. The SMILES string of the molecule is COC(=O)[C@H](CC1CCCCC1)[C@@H](O[Si](C)(C)C(C)(C)C)C(=O)OC. The molecule has 0 N–H and O–H groups in total. The van der Waals surface area contributed by atoms with Gasteiger partial charge in [0.2, 0.25) is 0 Å². The van der Waals surface area contributed by atoms with E-state index in [9.17, 15) is 9.59 Å². The van der Waals surface area contributed by atoms with E-state index < -0.39 is 26.3 Å². The van der Waals surface area contributed by atoms with Crippen molar-refractivity contribution in [2.45, 2.75) is 83.5 Å². The molecule has 1 aliphatic carbocycles. The van der Waals surface area contributed by atoms with E-state index in [4.69, 9.17) is 13.9 Å². The molecule has 1 fully saturated rings. The normalized spacial score (nSPS) is 19.2. The van der Waals surface area contributed by atoms with Crippen LogP contribution in [0.1, 0.15) is 59.3 Å². The van der Waals surface area contributed by atoms with Gasteiger partial charge in [-0.3, -0.25) is 4.79 Å². The maximum Gasteiger partial charge on any atom is 0.334 e. The summed E-state index contributed by atoms with van der Waals surface area (Å²) in [6, 6.07) is 0. The van der Waals surface area contributed by atoms with Crippen LogP contribution in [0.5, 0.6) is 0 Å². The van der Waals surface area contributed by atoms with Crippen LogP contribution in [0, 0.1) is 11.8 Å². The zero-order valence-electron chi connectivity index (χ0n) is 17.0. The maximum absolute atomic E-state index is 12.5. The van der Waals surface area contributed by atoms with Gasteiger partial charge in [-0.05, 0) is 30.5 Å². The quantitative estimate of drug-likeness (QED) is 0.492. The molecule has 0 aromatic heterocycles. The highest BCUT2D eigenvalue weighted by Gasteiger charge is 2.46. The second-order valence-electron chi connectivity index (χ2n) is 8.69. The van der Waals surface area contributed by atoms with E-state index in [1.54, 1.807) is 0 Å². The van der Waals surface area contributed by atoms with E-state index in [1.165, 1.54) is 33.5 Å². The standard InChI is InChI=1S/C19H36O5Si/c1-19(2,3)25(6,7)24-16(18(21)23-5)15(17(20)22-4)13-14-11-9-8-10-12-14/h14-16H,8-13H2,1-7H3/t15-,16-/m1/s1. The van der Waals surface area contributed by atoms with E-state index in [-0.39, 0.29) is 11.0 Å². The lowest BCUT2D eigenvalue weighted by atomic mass is 9.81. The largest absolute Gasteiger partial charge is 0.469 e. The van der Waals surface area contributed by atoms with E-state index in [1.807, 2.05) is 0 Å². The summed E-state index contributed by atoms with van der Waals surface area (Å²) in [5.41, 5.74) is 0. The molecule has 0 radical (unpaired) electrons. The molecule has 0 amide bonds. The fraction of sp³-hybridized carbons (Fsp3) is 0.895. The van der Waals surface area contributed by atoms with Crippen LogP contribution in [0.4, 0.5) is 0 Å². The lowest BCUT2D eigenvalue weighted by Crippen LogP contribution is -2.50. The Labute approximate surface area is 153 Å². The Hall–Kier alpha value is -0.883.